The minimum Gasteiger partial charge on any atom is -0.368 e. The number of aromatic nitrogens is 5. The largest absolute Gasteiger partial charge is 0.368 e. The van der Waals surface area contributed by atoms with Crippen molar-refractivity contribution < 1.29 is 0 Å². The van der Waals surface area contributed by atoms with Crippen LogP contribution in [0.25, 0.3) is 5.82 Å². The highest BCUT2D eigenvalue weighted by Crippen LogP contribution is 2.26. The number of hydrogen-bond acceptors (Lipinski definition) is 6. The third kappa shape index (κ3) is 3.31. The molecule has 1 aliphatic carbocycles. The number of rotatable bonds is 5. The third-order valence-electron chi connectivity index (χ3n) is 4.14. The van der Waals surface area contributed by atoms with Crippen LogP contribution in [0.3, 0.4) is 0 Å². The van der Waals surface area contributed by atoms with E-state index in [1.807, 2.05) is 42.7 Å². The number of nitrogens with one attached hydrogen (secondary N) is 1. The number of nitrogens with zero attached hydrogens (tertiary/aromatic N) is 5. The Labute approximate surface area is 145 Å². The van der Waals surface area contributed by atoms with Crippen LogP contribution in [-0.2, 0) is 19.3 Å². The van der Waals surface area contributed by atoms with Gasteiger partial charge in [-0.3, -0.25) is 0 Å². The van der Waals surface area contributed by atoms with Gasteiger partial charge in [-0.05, 0) is 50.8 Å². The molecule has 0 aromatic carbocycles. The zero-order chi connectivity index (χ0) is 16.4. The fourth-order valence-corrected chi connectivity index (χ4v) is 4.05. The predicted molar refractivity (Wildman–Crippen MR) is 94.8 cm³/mol. The summed E-state index contributed by atoms with van der Waals surface area (Å²) in [5.74, 6) is 1.50. The van der Waals surface area contributed by atoms with Crippen LogP contribution in [0.4, 0.5) is 5.82 Å². The molecule has 0 amide bonds. The Kier molecular flexibility index (Phi) is 4.25. The molecular weight excluding hydrogens is 320 g/mol. The van der Waals surface area contributed by atoms with E-state index in [4.69, 9.17) is 4.98 Å². The average Bonchev–Trinajstić information content (AvgIpc) is 3.21. The van der Waals surface area contributed by atoms with Crippen molar-refractivity contribution in [2.24, 2.45) is 0 Å². The molecule has 0 fully saturated rings. The van der Waals surface area contributed by atoms with Gasteiger partial charge in [-0.2, -0.15) is 5.10 Å². The minimum atomic E-state index is 0.723. The van der Waals surface area contributed by atoms with Gasteiger partial charge in [-0.15, -0.1) is 21.5 Å². The lowest BCUT2D eigenvalue weighted by Crippen LogP contribution is -2.08. The third-order valence-corrected chi connectivity index (χ3v) is 5.36. The average molecular weight is 340 g/mol. The van der Waals surface area contributed by atoms with Crippen LogP contribution in [0.2, 0.25) is 0 Å². The Morgan fingerprint density at radius 3 is 2.83 bits per heavy atom. The molecule has 0 bridgehead atoms. The van der Waals surface area contributed by atoms with E-state index in [-0.39, 0.29) is 0 Å². The first-order valence-corrected chi connectivity index (χ1v) is 9.17. The van der Waals surface area contributed by atoms with Crippen LogP contribution in [0.1, 0.15) is 34.1 Å². The van der Waals surface area contributed by atoms with Gasteiger partial charge in [0.2, 0.25) is 0 Å². The molecule has 0 radical (unpaired) electrons. The summed E-state index contributed by atoms with van der Waals surface area (Å²) >= 11 is 1.87. The van der Waals surface area contributed by atoms with E-state index in [9.17, 15) is 0 Å². The Morgan fingerprint density at radius 2 is 2.08 bits per heavy atom. The number of aryl methyl sites for hydroxylation is 3. The number of anilines is 1. The summed E-state index contributed by atoms with van der Waals surface area (Å²) in [6.45, 7) is 2.78. The zero-order valence-corrected chi connectivity index (χ0v) is 14.5. The van der Waals surface area contributed by atoms with Gasteiger partial charge in [0, 0.05) is 24.0 Å². The molecule has 6 nitrogen and oxygen atoms in total. The number of fused-ring (bicyclic) bond motifs is 1. The van der Waals surface area contributed by atoms with Crippen molar-refractivity contribution in [3.63, 3.8) is 0 Å². The second-order valence-corrected chi connectivity index (χ2v) is 7.21. The normalized spacial score (nSPS) is 13.7. The van der Waals surface area contributed by atoms with Crippen LogP contribution in [0.5, 0.6) is 0 Å². The molecule has 0 spiro atoms. The van der Waals surface area contributed by atoms with E-state index >= 15 is 0 Å². The lowest BCUT2D eigenvalue weighted by molar-refractivity contribution is 0.680. The fourth-order valence-electron chi connectivity index (χ4n) is 2.89. The molecule has 0 saturated heterocycles. The van der Waals surface area contributed by atoms with Crippen LogP contribution in [0, 0.1) is 6.92 Å². The van der Waals surface area contributed by atoms with E-state index < -0.39 is 0 Å². The number of hydrogen-bond donors (Lipinski definition) is 1. The second kappa shape index (κ2) is 6.68. The van der Waals surface area contributed by atoms with Gasteiger partial charge in [0.15, 0.2) is 5.82 Å². The molecule has 3 aromatic heterocycles. The molecule has 0 unspecified atom stereocenters. The topological polar surface area (TPSA) is 68.5 Å². The van der Waals surface area contributed by atoms with E-state index in [2.05, 4.69) is 20.6 Å². The molecule has 0 saturated carbocycles. The van der Waals surface area contributed by atoms with E-state index in [0.29, 0.717) is 0 Å². The molecule has 1 N–H and O–H groups in total. The molecule has 24 heavy (non-hydrogen) atoms. The van der Waals surface area contributed by atoms with Crippen LogP contribution < -0.4 is 5.32 Å². The molecule has 1 aliphatic rings. The Morgan fingerprint density at radius 1 is 1.17 bits per heavy atom. The van der Waals surface area contributed by atoms with Crippen molar-refractivity contribution in [1.82, 2.24) is 25.0 Å². The summed E-state index contributed by atoms with van der Waals surface area (Å²) < 4.78 is 1.73. The maximum Gasteiger partial charge on any atom is 0.175 e. The maximum atomic E-state index is 4.77. The van der Waals surface area contributed by atoms with Gasteiger partial charge in [0.25, 0.3) is 0 Å². The standard InChI is InChI=1S/C17H20N6S/c1-12-9-11-23(22-12)16-7-6-15(20-21-16)18-10-8-17-19-13-4-2-3-5-14(13)24-17/h6-7,9,11H,2-5,8,10H2,1H3,(H,18,20). The smallest absolute Gasteiger partial charge is 0.175 e. The summed E-state index contributed by atoms with van der Waals surface area (Å²) in [4.78, 5) is 6.26. The van der Waals surface area contributed by atoms with Crippen molar-refractivity contribution in [2.75, 3.05) is 11.9 Å². The predicted octanol–water partition coefficient (Wildman–Crippen LogP) is 2.96. The Bertz CT molecular complexity index is 796. The van der Waals surface area contributed by atoms with E-state index in [0.717, 1.165) is 36.7 Å². The fraction of sp³-hybridized carbons (Fsp3) is 0.412. The second-order valence-electron chi connectivity index (χ2n) is 6.04. The highest BCUT2D eigenvalue weighted by molar-refractivity contribution is 7.11. The molecule has 124 valence electrons. The quantitative estimate of drug-likeness (QED) is 0.773. The van der Waals surface area contributed by atoms with Crippen molar-refractivity contribution in [2.45, 2.75) is 39.0 Å². The van der Waals surface area contributed by atoms with Gasteiger partial charge in [-0.1, -0.05) is 0 Å². The van der Waals surface area contributed by atoms with Crippen LogP contribution in [-0.4, -0.2) is 31.5 Å². The highest BCUT2D eigenvalue weighted by Gasteiger charge is 2.14. The molecule has 0 aliphatic heterocycles. The maximum absolute atomic E-state index is 4.77. The SMILES string of the molecule is Cc1ccn(-c2ccc(NCCc3nc4c(s3)CCCC4)nn2)n1. The van der Waals surface area contributed by atoms with Crippen LogP contribution in [0.15, 0.2) is 24.4 Å². The summed E-state index contributed by atoms with van der Waals surface area (Å²) in [6.07, 6.45) is 7.77. The van der Waals surface area contributed by atoms with Crippen molar-refractivity contribution in [3.05, 3.63) is 45.7 Å². The summed E-state index contributed by atoms with van der Waals surface area (Å²) in [6, 6.07) is 5.80. The van der Waals surface area contributed by atoms with E-state index in [1.54, 1.807) is 4.68 Å². The van der Waals surface area contributed by atoms with Gasteiger partial charge < -0.3 is 5.32 Å². The van der Waals surface area contributed by atoms with Gasteiger partial charge in [-0.25, -0.2) is 9.67 Å². The Hall–Kier alpha value is -2.28. The zero-order valence-electron chi connectivity index (χ0n) is 13.7. The molecule has 0 atom stereocenters. The van der Waals surface area contributed by atoms with E-state index in [1.165, 1.54) is 34.8 Å². The first-order valence-electron chi connectivity index (χ1n) is 8.35. The number of thiazole rings is 1. The van der Waals surface area contributed by atoms with Crippen molar-refractivity contribution in [1.29, 1.82) is 0 Å². The van der Waals surface area contributed by atoms with Gasteiger partial charge >= 0.3 is 0 Å². The minimum absolute atomic E-state index is 0.723. The van der Waals surface area contributed by atoms with Crippen molar-refractivity contribution >= 4 is 17.2 Å². The van der Waals surface area contributed by atoms with Crippen LogP contribution >= 0.6 is 11.3 Å². The first kappa shape index (κ1) is 15.3. The molecule has 4 rings (SSSR count). The van der Waals surface area contributed by atoms with Crippen molar-refractivity contribution in [3.8, 4) is 5.82 Å². The van der Waals surface area contributed by atoms with Gasteiger partial charge in [0.05, 0.1) is 16.4 Å². The summed E-state index contributed by atoms with van der Waals surface area (Å²) in [5.41, 5.74) is 2.30. The molecule has 7 heteroatoms. The molecular formula is C17H20N6S. The lowest BCUT2D eigenvalue weighted by atomic mass is 10.0. The molecule has 3 aromatic rings. The Balaban J connectivity index is 1.33. The van der Waals surface area contributed by atoms with Gasteiger partial charge in [0.1, 0.15) is 5.82 Å². The monoisotopic (exact) mass is 340 g/mol. The lowest BCUT2D eigenvalue weighted by Gasteiger charge is -2.06. The summed E-state index contributed by atoms with van der Waals surface area (Å²) in [7, 11) is 0. The molecule has 3 heterocycles. The first-order chi connectivity index (χ1) is 11.8. The summed E-state index contributed by atoms with van der Waals surface area (Å²) in [5, 5.41) is 17.3. The highest BCUT2D eigenvalue weighted by atomic mass is 32.1.